The van der Waals surface area contributed by atoms with Crippen LogP contribution < -0.4 is 14.8 Å². The van der Waals surface area contributed by atoms with Crippen molar-refractivity contribution in [2.45, 2.75) is 18.0 Å². The second-order valence-corrected chi connectivity index (χ2v) is 7.89. The molecule has 0 saturated heterocycles. The maximum atomic E-state index is 12.2. The number of rotatable bonds is 7. The molecule has 0 atom stereocenters. The smallest absolute Gasteiger partial charge is 0.402 e. The van der Waals surface area contributed by atoms with Crippen molar-refractivity contribution < 1.29 is 31.1 Å². The first-order valence-electron chi connectivity index (χ1n) is 7.81. The molecule has 152 valence electrons. The Morgan fingerprint density at radius 1 is 1.14 bits per heavy atom. The average molecular weight is 437 g/mol. The first-order chi connectivity index (χ1) is 13.0. The minimum Gasteiger partial charge on any atom is -0.484 e. The topological polar surface area (TPSA) is 84.5 Å². The maximum Gasteiger partial charge on any atom is 0.402 e. The minimum atomic E-state index is -4.66. The predicted molar refractivity (Wildman–Crippen MR) is 98.0 cm³/mol. The van der Waals surface area contributed by atoms with Crippen molar-refractivity contribution >= 4 is 33.2 Å². The summed E-state index contributed by atoms with van der Waals surface area (Å²) < 4.78 is 66.8. The number of anilines is 1. The third-order valence-electron chi connectivity index (χ3n) is 3.41. The lowest BCUT2D eigenvalue weighted by atomic mass is 10.2. The Hall–Kier alpha value is -2.30. The Morgan fingerprint density at radius 3 is 2.36 bits per heavy atom. The zero-order valence-electron chi connectivity index (χ0n) is 14.5. The summed E-state index contributed by atoms with van der Waals surface area (Å²) in [5.74, 6) is -0.0485. The van der Waals surface area contributed by atoms with E-state index in [4.69, 9.17) is 16.3 Å². The van der Waals surface area contributed by atoms with Crippen molar-refractivity contribution in [1.82, 2.24) is 4.72 Å². The van der Waals surface area contributed by atoms with Gasteiger partial charge in [0.05, 0.1) is 4.90 Å². The zero-order valence-corrected chi connectivity index (χ0v) is 16.1. The van der Waals surface area contributed by atoms with Crippen LogP contribution in [0.2, 0.25) is 5.02 Å². The number of benzene rings is 2. The van der Waals surface area contributed by atoms with E-state index in [0.29, 0.717) is 10.8 Å². The number of aryl methyl sites for hydroxylation is 1. The van der Waals surface area contributed by atoms with Crippen molar-refractivity contribution in [3.8, 4) is 5.75 Å². The lowest BCUT2D eigenvalue weighted by Crippen LogP contribution is -2.33. The number of hydrogen-bond acceptors (Lipinski definition) is 4. The number of carbonyl (C=O) groups excluding carboxylic acids is 1. The van der Waals surface area contributed by atoms with E-state index >= 15 is 0 Å². The molecule has 0 fully saturated rings. The van der Waals surface area contributed by atoms with Crippen LogP contribution in [0.4, 0.5) is 18.9 Å². The molecule has 0 radical (unpaired) electrons. The molecule has 0 saturated carbocycles. The lowest BCUT2D eigenvalue weighted by molar-refractivity contribution is -0.121. The van der Waals surface area contributed by atoms with Gasteiger partial charge in [0.15, 0.2) is 6.61 Å². The molecule has 2 aromatic rings. The Morgan fingerprint density at radius 2 is 1.79 bits per heavy atom. The van der Waals surface area contributed by atoms with Gasteiger partial charge in [0.2, 0.25) is 10.0 Å². The van der Waals surface area contributed by atoms with Gasteiger partial charge in [0, 0.05) is 10.7 Å². The van der Waals surface area contributed by atoms with Crippen LogP contribution in [-0.4, -0.2) is 33.7 Å². The Balaban J connectivity index is 1.92. The van der Waals surface area contributed by atoms with Crippen LogP contribution in [-0.2, 0) is 14.8 Å². The van der Waals surface area contributed by atoms with Crippen molar-refractivity contribution in [3.05, 3.63) is 53.1 Å². The summed E-state index contributed by atoms with van der Waals surface area (Å²) in [5.41, 5.74) is 1.05. The first kappa shape index (κ1) is 22.0. The summed E-state index contributed by atoms with van der Waals surface area (Å²) in [6.45, 7) is -0.183. The van der Waals surface area contributed by atoms with E-state index in [1.54, 1.807) is 25.1 Å². The van der Waals surface area contributed by atoms with Crippen LogP contribution in [0.5, 0.6) is 5.75 Å². The number of nitrogens with one attached hydrogen (secondary N) is 2. The van der Waals surface area contributed by atoms with Gasteiger partial charge in [-0.2, -0.15) is 13.2 Å². The van der Waals surface area contributed by atoms with Gasteiger partial charge in [0.25, 0.3) is 5.91 Å². The predicted octanol–water partition coefficient (Wildman–Crippen LogP) is 3.51. The highest BCUT2D eigenvalue weighted by Gasteiger charge is 2.30. The van der Waals surface area contributed by atoms with Gasteiger partial charge in [-0.3, -0.25) is 4.79 Å². The molecule has 11 heteroatoms. The molecule has 0 heterocycles. The molecule has 1 amide bonds. The molecule has 2 N–H and O–H groups in total. The fraction of sp³-hybridized carbons (Fsp3) is 0.235. The standard InChI is InChI=1S/C17H16ClF3N2O4S/c1-11-8-13(4-7-15(11)18)27-9-16(24)23-12-2-5-14(6-3-12)28(25,26)22-10-17(19,20)21/h2-8,22H,9-10H2,1H3,(H,23,24). The van der Waals surface area contributed by atoms with Crippen LogP contribution in [0.25, 0.3) is 0 Å². The van der Waals surface area contributed by atoms with Crippen molar-refractivity contribution in [2.24, 2.45) is 0 Å². The van der Waals surface area contributed by atoms with Crippen molar-refractivity contribution in [1.29, 1.82) is 0 Å². The Bertz CT molecular complexity index is 948. The molecule has 0 unspecified atom stereocenters. The highest BCUT2D eigenvalue weighted by Crippen LogP contribution is 2.21. The molecule has 6 nitrogen and oxygen atoms in total. The molecule has 28 heavy (non-hydrogen) atoms. The SMILES string of the molecule is Cc1cc(OCC(=O)Nc2ccc(S(=O)(=O)NCC(F)(F)F)cc2)ccc1Cl. The van der Waals surface area contributed by atoms with Crippen LogP contribution >= 0.6 is 11.6 Å². The van der Waals surface area contributed by atoms with Gasteiger partial charge >= 0.3 is 6.18 Å². The van der Waals surface area contributed by atoms with Crippen molar-refractivity contribution in [2.75, 3.05) is 18.5 Å². The van der Waals surface area contributed by atoms with E-state index in [1.165, 1.54) is 16.9 Å². The average Bonchev–Trinajstić information content (AvgIpc) is 2.61. The van der Waals surface area contributed by atoms with Gasteiger partial charge in [-0.1, -0.05) is 11.6 Å². The lowest BCUT2D eigenvalue weighted by Gasteiger charge is -2.11. The molecule has 0 aliphatic heterocycles. The highest BCUT2D eigenvalue weighted by atomic mass is 35.5. The quantitative estimate of drug-likeness (QED) is 0.695. The number of sulfonamides is 1. The third kappa shape index (κ3) is 6.70. The van der Waals surface area contributed by atoms with Gasteiger partial charge in [-0.25, -0.2) is 13.1 Å². The van der Waals surface area contributed by atoms with E-state index in [-0.39, 0.29) is 17.2 Å². The highest BCUT2D eigenvalue weighted by molar-refractivity contribution is 7.89. The molecule has 0 aliphatic carbocycles. The monoisotopic (exact) mass is 436 g/mol. The van der Waals surface area contributed by atoms with Gasteiger partial charge < -0.3 is 10.1 Å². The van der Waals surface area contributed by atoms with Gasteiger partial charge in [0.1, 0.15) is 12.3 Å². The molecule has 0 spiro atoms. The molecule has 2 rings (SSSR count). The fourth-order valence-corrected chi connectivity index (χ4v) is 3.16. The summed E-state index contributed by atoms with van der Waals surface area (Å²) >= 11 is 5.90. The van der Waals surface area contributed by atoms with Gasteiger partial charge in [-0.05, 0) is 55.0 Å². The van der Waals surface area contributed by atoms with E-state index in [1.807, 2.05) is 0 Å². The summed E-state index contributed by atoms with van der Waals surface area (Å²) in [6.07, 6.45) is -4.66. The Labute approximate surface area is 164 Å². The van der Waals surface area contributed by atoms with E-state index in [9.17, 15) is 26.4 Å². The maximum absolute atomic E-state index is 12.2. The van der Waals surface area contributed by atoms with E-state index in [2.05, 4.69) is 5.32 Å². The molecular weight excluding hydrogens is 421 g/mol. The second kappa shape index (κ2) is 8.80. The van der Waals surface area contributed by atoms with E-state index < -0.39 is 28.7 Å². The summed E-state index contributed by atoms with van der Waals surface area (Å²) in [6, 6.07) is 9.59. The van der Waals surface area contributed by atoms with Crippen LogP contribution in [0.3, 0.4) is 0 Å². The zero-order chi connectivity index (χ0) is 20.9. The number of hydrogen-bond donors (Lipinski definition) is 2. The number of ether oxygens (including phenoxy) is 1. The van der Waals surface area contributed by atoms with Crippen LogP contribution in [0.15, 0.2) is 47.4 Å². The summed E-state index contributed by atoms with van der Waals surface area (Å²) in [4.78, 5) is 11.6. The fourth-order valence-electron chi connectivity index (χ4n) is 2.03. The molecular formula is C17H16ClF3N2O4S. The molecule has 2 aromatic carbocycles. The third-order valence-corrected chi connectivity index (χ3v) is 5.25. The normalized spacial score (nSPS) is 11.9. The molecule has 0 aliphatic rings. The molecule has 0 aromatic heterocycles. The van der Waals surface area contributed by atoms with Gasteiger partial charge in [-0.15, -0.1) is 0 Å². The first-order valence-corrected chi connectivity index (χ1v) is 9.68. The van der Waals surface area contributed by atoms with Crippen molar-refractivity contribution in [3.63, 3.8) is 0 Å². The molecule has 0 bridgehead atoms. The Kier molecular flexibility index (Phi) is 6.91. The number of alkyl halides is 3. The summed E-state index contributed by atoms with van der Waals surface area (Å²) in [5, 5.41) is 3.05. The number of amides is 1. The summed E-state index contributed by atoms with van der Waals surface area (Å²) in [7, 11) is -4.31. The minimum absolute atomic E-state index is 0.260. The second-order valence-electron chi connectivity index (χ2n) is 5.71. The van der Waals surface area contributed by atoms with Crippen LogP contribution in [0.1, 0.15) is 5.56 Å². The largest absolute Gasteiger partial charge is 0.484 e. The van der Waals surface area contributed by atoms with Crippen LogP contribution in [0, 0.1) is 6.92 Å². The number of halogens is 4. The van der Waals surface area contributed by atoms with E-state index in [0.717, 1.165) is 17.7 Å². The number of carbonyl (C=O) groups is 1.